The van der Waals surface area contributed by atoms with Crippen LogP contribution in [-0.4, -0.2) is 4.98 Å². The minimum absolute atomic E-state index is 0.618. The Morgan fingerprint density at radius 2 is 0.688 bits per heavy atom. The van der Waals surface area contributed by atoms with E-state index < -0.39 is 0 Å². The van der Waals surface area contributed by atoms with Crippen molar-refractivity contribution < 1.29 is 4.57 Å². The van der Waals surface area contributed by atoms with Gasteiger partial charge in [0.15, 0.2) is 0 Å². The molecule has 48 heavy (non-hydrogen) atoms. The molecule has 0 aliphatic heterocycles. The van der Waals surface area contributed by atoms with Gasteiger partial charge in [-0.05, 0) is 32.6 Å². The van der Waals surface area contributed by atoms with Gasteiger partial charge in [-0.1, -0.05) is 233 Å². The molecule has 0 fully saturated rings. The van der Waals surface area contributed by atoms with E-state index in [1.54, 1.807) is 0 Å². The molecule has 0 radical (unpaired) electrons. The van der Waals surface area contributed by atoms with E-state index >= 15 is 0 Å². The molecule has 1 heterocycles. The van der Waals surface area contributed by atoms with Crippen LogP contribution in [0.25, 0.3) is 0 Å². The third kappa shape index (κ3) is 27.0. The first kappa shape index (κ1) is 45.2. The SMILES string of the molecule is CCCCCCCCCCCCCCCCCCCC(CCCC)c1[nH]cc[n+]1C(C)CCCCCCCCCCCCCCCCC. The first-order valence-electron chi connectivity index (χ1n) is 22.8. The number of unbranched alkanes of at least 4 members (excludes halogenated alkanes) is 31. The minimum Gasteiger partial charge on any atom is -0.247 e. The van der Waals surface area contributed by atoms with Gasteiger partial charge in [0, 0.05) is 0 Å². The maximum Gasteiger partial charge on any atom is 0.257 e. The van der Waals surface area contributed by atoms with E-state index in [1.165, 1.54) is 243 Å². The Hall–Kier alpha value is -0.790. The van der Waals surface area contributed by atoms with Crippen LogP contribution in [0, 0.1) is 0 Å². The van der Waals surface area contributed by atoms with Crippen LogP contribution in [0.5, 0.6) is 0 Å². The van der Waals surface area contributed by atoms with Gasteiger partial charge < -0.3 is 0 Å². The molecule has 2 heteroatoms. The fraction of sp³-hybridized carbons (Fsp3) is 0.935. The summed E-state index contributed by atoms with van der Waals surface area (Å²) in [5, 5.41) is 0. The van der Waals surface area contributed by atoms with Crippen LogP contribution in [0.1, 0.15) is 283 Å². The zero-order chi connectivity index (χ0) is 34.6. The van der Waals surface area contributed by atoms with Gasteiger partial charge in [-0.15, -0.1) is 0 Å². The van der Waals surface area contributed by atoms with Crippen molar-refractivity contribution >= 4 is 0 Å². The Balaban J connectivity index is 2.10. The van der Waals surface area contributed by atoms with Crippen molar-refractivity contribution in [3.8, 4) is 0 Å². The smallest absolute Gasteiger partial charge is 0.247 e. The van der Waals surface area contributed by atoms with Crippen LogP contribution in [0.15, 0.2) is 12.4 Å². The van der Waals surface area contributed by atoms with Crippen LogP contribution in [0.2, 0.25) is 0 Å². The van der Waals surface area contributed by atoms with Crippen LogP contribution in [0.4, 0.5) is 0 Å². The highest BCUT2D eigenvalue weighted by atomic mass is 15.1. The monoisotopic (exact) mass is 672 g/mol. The Bertz CT molecular complexity index is 738. The summed E-state index contributed by atoms with van der Waals surface area (Å²) in [6.07, 6.45) is 57.7. The minimum atomic E-state index is 0.618. The van der Waals surface area contributed by atoms with Gasteiger partial charge in [0.05, 0.1) is 12.0 Å². The van der Waals surface area contributed by atoms with Crippen molar-refractivity contribution in [2.45, 2.75) is 277 Å². The summed E-state index contributed by atoms with van der Waals surface area (Å²) in [7, 11) is 0. The lowest BCUT2D eigenvalue weighted by Gasteiger charge is -2.17. The second-order valence-electron chi connectivity index (χ2n) is 16.1. The maximum atomic E-state index is 3.72. The summed E-state index contributed by atoms with van der Waals surface area (Å²) in [6.45, 7) is 9.44. The number of imidazole rings is 1. The van der Waals surface area contributed by atoms with Crippen molar-refractivity contribution in [2.75, 3.05) is 0 Å². The summed E-state index contributed by atoms with van der Waals surface area (Å²) in [6, 6.07) is 0.618. The van der Waals surface area contributed by atoms with Crippen LogP contribution >= 0.6 is 0 Å². The van der Waals surface area contributed by atoms with E-state index in [9.17, 15) is 0 Å². The molecular formula is C46H91N2+. The van der Waals surface area contributed by atoms with E-state index in [0.29, 0.717) is 12.0 Å². The molecular weight excluding hydrogens is 581 g/mol. The normalized spacial score (nSPS) is 13.0. The summed E-state index contributed by atoms with van der Waals surface area (Å²) in [5.74, 6) is 2.23. The highest BCUT2D eigenvalue weighted by Crippen LogP contribution is 2.27. The molecule has 284 valence electrons. The van der Waals surface area contributed by atoms with Crippen molar-refractivity contribution in [3.05, 3.63) is 18.2 Å². The summed E-state index contributed by atoms with van der Waals surface area (Å²) in [5.41, 5.74) is 0. The predicted molar refractivity (Wildman–Crippen MR) is 216 cm³/mol. The molecule has 2 nitrogen and oxygen atoms in total. The van der Waals surface area contributed by atoms with E-state index in [2.05, 4.69) is 49.6 Å². The largest absolute Gasteiger partial charge is 0.257 e. The Labute approximate surface area is 304 Å². The van der Waals surface area contributed by atoms with E-state index in [1.807, 2.05) is 0 Å². The van der Waals surface area contributed by atoms with Crippen LogP contribution < -0.4 is 4.57 Å². The average molecular weight is 672 g/mol. The molecule has 0 aliphatic carbocycles. The molecule has 0 spiro atoms. The molecule has 1 aromatic heterocycles. The molecule has 0 aliphatic rings. The number of aromatic nitrogens is 2. The highest BCUT2D eigenvalue weighted by Gasteiger charge is 2.25. The number of hydrogen-bond donors (Lipinski definition) is 1. The van der Waals surface area contributed by atoms with Gasteiger partial charge in [0.25, 0.3) is 5.82 Å². The first-order chi connectivity index (χ1) is 23.7. The zero-order valence-corrected chi connectivity index (χ0v) is 33.9. The summed E-state index contributed by atoms with van der Waals surface area (Å²) >= 11 is 0. The molecule has 0 amide bonds. The molecule has 1 rings (SSSR count). The van der Waals surface area contributed by atoms with Gasteiger partial charge in [0.2, 0.25) is 0 Å². The van der Waals surface area contributed by atoms with Crippen molar-refractivity contribution in [2.24, 2.45) is 0 Å². The standard InChI is InChI=1S/C46H90N2/c1-5-8-11-13-15-17-19-21-23-24-26-28-30-32-34-36-38-41-45(40-10-7-3)46-47-42-43-48(46)44(4)39-37-35-33-31-29-27-25-22-20-18-16-14-12-9-6-2/h42-45H,5-41H2,1-4H3/p+1. The van der Waals surface area contributed by atoms with Gasteiger partial charge in [-0.3, -0.25) is 0 Å². The first-order valence-corrected chi connectivity index (χ1v) is 22.8. The molecule has 0 aromatic carbocycles. The number of aromatic amines is 1. The Morgan fingerprint density at radius 1 is 0.396 bits per heavy atom. The predicted octanol–water partition coefficient (Wildman–Crippen LogP) is 16.4. The van der Waals surface area contributed by atoms with Crippen LogP contribution in [-0.2, 0) is 0 Å². The summed E-state index contributed by atoms with van der Waals surface area (Å²) < 4.78 is 2.62. The van der Waals surface area contributed by atoms with Crippen LogP contribution in [0.3, 0.4) is 0 Å². The zero-order valence-electron chi connectivity index (χ0n) is 33.9. The Morgan fingerprint density at radius 3 is 1.04 bits per heavy atom. The number of H-pyrrole nitrogens is 1. The molecule has 2 atom stereocenters. The molecule has 1 aromatic rings. The van der Waals surface area contributed by atoms with E-state index in [-0.39, 0.29) is 0 Å². The van der Waals surface area contributed by atoms with Crippen molar-refractivity contribution in [1.29, 1.82) is 0 Å². The maximum absolute atomic E-state index is 3.72. The molecule has 0 saturated carbocycles. The molecule has 0 bridgehead atoms. The third-order valence-electron chi connectivity index (χ3n) is 11.4. The van der Waals surface area contributed by atoms with E-state index in [4.69, 9.17) is 0 Å². The van der Waals surface area contributed by atoms with Gasteiger partial charge in [-0.2, -0.15) is 0 Å². The van der Waals surface area contributed by atoms with Crippen molar-refractivity contribution in [1.82, 2.24) is 4.98 Å². The van der Waals surface area contributed by atoms with Gasteiger partial charge in [-0.25, -0.2) is 9.55 Å². The third-order valence-corrected chi connectivity index (χ3v) is 11.4. The molecule has 1 N–H and O–H groups in total. The van der Waals surface area contributed by atoms with Crippen molar-refractivity contribution in [3.63, 3.8) is 0 Å². The summed E-state index contributed by atoms with van der Waals surface area (Å²) in [4.78, 5) is 3.72. The van der Waals surface area contributed by atoms with Gasteiger partial charge in [0.1, 0.15) is 12.4 Å². The van der Waals surface area contributed by atoms with Gasteiger partial charge >= 0.3 is 0 Å². The number of nitrogens with zero attached hydrogens (tertiary/aromatic N) is 1. The number of hydrogen-bond acceptors (Lipinski definition) is 0. The number of rotatable bonds is 39. The Kier molecular flexibility index (Phi) is 33.9. The lowest BCUT2D eigenvalue weighted by molar-refractivity contribution is -0.727. The highest BCUT2D eigenvalue weighted by molar-refractivity contribution is 4.90. The fourth-order valence-corrected chi connectivity index (χ4v) is 8.00. The second-order valence-corrected chi connectivity index (χ2v) is 16.1. The molecule has 2 unspecified atom stereocenters. The number of nitrogens with one attached hydrogen (secondary N) is 1. The topological polar surface area (TPSA) is 19.7 Å². The quantitative estimate of drug-likeness (QED) is 0.0531. The molecule has 0 saturated heterocycles. The lowest BCUT2D eigenvalue weighted by Crippen LogP contribution is -2.41. The van der Waals surface area contributed by atoms with E-state index in [0.717, 1.165) is 0 Å². The fourth-order valence-electron chi connectivity index (χ4n) is 8.00. The average Bonchev–Trinajstić information content (AvgIpc) is 3.59. The lowest BCUT2D eigenvalue weighted by atomic mass is 9.93. The second kappa shape index (κ2) is 36.0.